The summed E-state index contributed by atoms with van der Waals surface area (Å²) < 4.78 is 3.12. The number of nitrogen functional groups attached to an aromatic ring is 1. The van der Waals surface area contributed by atoms with Crippen LogP contribution in [0.3, 0.4) is 0 Å². The fourth-order valence-corrected chi connectivity index (χ4v) is 5.92. The number of hydrogen-bond donors (Lipinski definition) is 2. The average Bonchev–Trinajstić information content (AvgIpc) is 3.59. The molecule has 6 rings (SSSR count). The van der Waals surface area contributed by atoms with Crippen LogP contribution in [0.15, 0.2) is 30.9 Å². The Morgan fingerprint density at radius 2 is 1.89 bits per heavy atom. The van der Waals surface area contributed by atoms with Crippen LogP contribution < -0.4 is 5.73 Å². The number of Topliss-reactive ketones (excluding diaryl/α,β-unsaturated/α-hetero) is 1. The third kappa shape index (κ3) is 3.75. The summed E-state index contributed by atoms with van der Waals surface area (Å²) in [6.07, 6.45) is 8.10. The van der Waals surface area contributed by atoms with Crippen LogP contribution in [0.5, 0.6) is 0 Å². The minimum atomic E-state index is -0.490. The maximum Gasteiger partial charge on any atom is 0.248 e. The van der Waals surface area contributed by atoms with Gasteiger partial charge in [0.2, 0.25) is 5.91 Å². The number of anilines is 1. The third-order valence-corrected chi connectivity index (χ3v) is 7.51. The van der Waals surface area contributed by atoms with Crippen LogP contribution in [-0.2, 0) is 11.8 Å². The molecule has 2 aliphatic rings. The monoisotopic (exact) mass is 501 g/mol. The zero-order valence-electron chi connectivity index (χ0n) is 20.6. The second kappa shape index (κ2) is 8.73. The summed E-state index contributed by atoms with van der Waals surface area (Å²) in [6.45, 7) is 0.996. The van der Waals surface area contributed by atoms with Gasteiger partial charge in [0.15, 0.2) is 17.3 Å². The molecule has 1 amide bonds. The number of rotatable bonds is 5. The van der Waals surface area contributed by atoms with Crippen molar-refractivity contribution in [3.05, 3.63) is 42.1 Å². The molecular weight excluding hydrogens is 474 g/mol. The first kappa shape index (κ1) is 23.2. The Labute approximate surface area is 212 Å². The molecular formula is C25H27N9O3. The molecule has 0 radical (unpaired) electrons. The maximum atomic E-state index is 12.7. The largest absolute Gasteiger partial charge is 0.387 e. The molecule has 12 nitrogen and oxygen atoms in total. The first-order valence-electron chi connectivity index (χ1n) is 12.3. The molecule has 2 fully saturated rings. The Hall–Kier alpha value is -4.19. The maximum absolute atomic E-state index is 12.7. The van der Waals surface area contributed by atoms with Crippen LogP contribution in [0, 0.1) is 0 Å². The number of aryl methyl sites for hydroxylation is 1. The van der Waals surface area contributed by atoms with E-state index in [-0.39, 0.29) is 35.5 Å². The fraction of sp³-hybridized carbons (Fsp3) is 0.400. The summed E-state index contributed by atoms with van der Waals surface area (Å²) in [4.78, 5) is 40.6. The number of aromatic nitrogens is 7. The van der Waals surface area contributed by atoms with E-state index in [4.69, 9.17) is 10.7 Å². The molecule has 37 heavy (non-hydrogen) atoms. The van der Waals surface area contributed by atoms with Crippen molar-refractivity contribution in [1.29, 1.82) is 0 Å². The molecule has 3 N–H and O–H groups in total. The van der Waals surface area contributed by atoms with Crippen molar-refractivity contribution in [3.63, 3.8) is 0 Å². The zero-order valence-corrected chi connectivity index (χ0v) is 20.6. The predicted molar refractivity (Wildman–Crippen MR) is 133 cm³/mol. The fourth-order valence-electron chi connectivity index (χ4n) is 5.92. The van der Waals surface area contributed by atoms with E-state index < -0.39 is 6.61 Å². The van der Waals surface area contributed by atoms with Crippen LogP contribution in [-0.4, -0.2) is 74.7 Å². The van der Waals surface area contributed by atoms with E-state index in [0.717, 1.165) is 24.0 Å². The van der Waals surface area contributed by atoms with E-state index in [1.807, 2.05) is 17.0 Å². The van der Waals surface area contributed by atoms with Gasteiger partial charge in [0.05, 0.1) is 17.5 Å². The van der Waals surface area contributed by atoms with E-state index in [9.17, 15) is 14.7 Å². The number of pyridine rings is 1. The van der Waals surface area contributed by atoms with Gasteiger partial charge in [0.25, 0.3) is 0 Å². The summed E-state index contributed by atoms with van der Waals surface area (Å²) in [5.41, 5.74) is 10.3. The van der Waals surface area contributed by atoms with Crippen molar-refractivity contribution in [2.45, 2.75) is 50.6 Å². The zero-order chi connectivity index (χ0) is 25.8. The van der Waals surface area contributed by atoms with Gasteiger partial charge < -0.3 is 15.7 Å². The van der Waals surface area contributed by atoms with Crippen molar-refractivity contribution in [2.24, 2.45) is 7.05 Å². The van der Waals surface area contributed by atoms with E-state index in [2.05, 4.69) is 20.2 Å². The number of fused-ring (bicyclic) bond motifs is 3. The second-order valence-corrected chi connectivity index (χ2v) is 9.79. The Kier molecular flexibility index (Phi) is 5.48. The number of aliphatic hydroxyl groups excluding tert-OH is 1. The summed E-state index contributed by atoms with van der Waals surface area (Å²) in [7, 11) is 1.80. The van der Waals surface area contributed by atoms with Gasteiger partial charge in [-0.05, 0) is 38.7 Å². The van der Waals surface area contributed by atoms with E-state index in [0.29, 0.717) is 41.3 Å². The lowest BCUT2D eigenvalue weighted by Gasteiger charge is -2.39. The Morgan fingerprint density at radius 3 is 2.49 bits per heavy atom. The summed E-state index contributed by atoms with van der Waals surface area (Å²) in [6, 6.07) is 3.78. The molecule has 12 heteroatoms. The van der Waals surface area contributed by atoms with Gasteiger partial charge in [-0.2, -0.15) is 9.61 Å². The lowest BCUT2D eigenvalue weighted by atomic mass is 9.85. The number of carbonyl (C=O) groups excluding carboxylic acids is 2. The second-order valence-electron chi connectivity index (χ2n) is 9.79. The first-order valence-corrected chi connectivity index (χ1v) is 12.3. The molecule has 2 bridgehead atoms. The number of nitrogens with zero attached hydrogens (tertiary/aromatic N) is 8. The number of nitrogens with two attached hydrogens (primary N) is 1. The van der Waals surface area contributed by atoms with Crippen molar-refractivity contribution in [2.75, 3.05) is 12.3 Å². The van der Waals surface area contributed by atoms with Crippen molar-refractivity contribution >= 4 is 23.2 Å². The predicted octanol–water partition coefficient (Wildman–Crippen LogP) is 1.60. The van der Waals surface area contributed by atoms with Gasteiger partial charge in [-0.3, -0.25) is 19.3 Å². The highest BCUT2D eigenvalue weighted by atomic mass is 16.3. The average molecular weight is 502 g/mol. The van der Waals surface area contributed by atoms with E-state index >= 15 is 0 Å². The topological polar surface area (TPSA) is 157 Å². The SMILES string of the molecule is CC(=O)c1c([C@@H]2C[C@H]3CC[C@@H](C2)N3C(=O)CO)nc2c(-c3ccc(-c4ncn(C)n4)nc3)cnn2c1N. The molecule has 0 aromatic carbocycles. The van der Waals surface area contributed by atoms with Gasteiger partial charge >= 0.3 is 0 Å². The Morgan fingerprint density at radius 1 is 1.14 bits per heavy atom. The smallest absolute Gasteiger partial charge is 0.248 e. The van der Waals surface area contributed by atoms with Crippen molar-refractivity contribution < 1.29 is 14.7 Å². The van der Waals surface area contributed by atoms with Crippen LogP contribution >= 0.6 is 0 Å². The number of piperidine rings is 1. The minimum absolute atomic E-state index is 0.0174. The third-order valence-electron chi connectivity index (χ3n) is 7.51. The molecule has 4 aromatic heterocycles. The highest BCUT2D eigenvalue weighted by molar-refractivity contribution is 6.00. The van der Waals surface area contributed by atoms with Crippen molar-refractivity contribution in [3.8, 4) is 22.6 Å². The standard InChI is InChI=1S/C25H27N9O3/c1-13(36)21-22(15-7-16-4-5-17(8-15)33(16)20(37)11-35)30-25-18(10-29-34(25)23(21)26)14-3-6-19(27-9-14)24-28-12-32(2)31-24/h3,6,9-10,12,15-17,35H,4-5,7-8,11,26H2,1-2H3/t15-,16-,17+. The quantitative estimate of drug-likeness (QED) is 0.388. The number of amides is 1. The Balaban J connectivity index is 1.41. The van der Waals surface area contributed by atoms with Crippen LogP contribution in [0.1, 0.15) is 54.6 Å². The van der Waals surface area contributed by atoms with Gasteiger partial charge in [-0.25, -0.2) is 9.97 Å². The lowest BCUT2D eigenvalue weighted by molar-refractivity contribution is -0.138. The van der Waals surface area contributed by atoms with Crippen molar-refractivity contribution in [1.82, 2.24) is 39.2 Å². The van der Waals surface area contributed by atoms with Crippen LogP contribution in [0.2, 0.25) is 0 Å². The molecule has 190 valence electrons. The molecule has 3 atom stereocenters. The Bertz CT molecular complexity index is 1510. The molecule has 6 heterocycles. The molecule has 2 aliphatic heterocycles. The number of aliphatic hydroxyl groups is 1. The molecule has 0 saturated carbocycles. The number of ketones is 1. The number of carbonyl (C=O) groups is 2. The molecule has 0 aliphatic carbocycles. The number of hydrogen-bond acceptors (Lipinski definition) is 9. The summed E-state index contributed by atoms with van der Waals surface area (Å²) in [5.74, 6) is 0.335. The van der Waals surface area contributed by atoms with Gasteiger partial charge in [0, 0.05) is 42.4 Å². The van der Waals surface area contributed by atoms with Gasteiger partial charge in [-0.1, -0.05) is 6.07 Å². The summed E-state index contributed by atoms with van der Waals surface area (Å²) in [5, 5.41) is 18.1. The minimum Gasteiger partial charge on any atom is -0.387 e. The lowest BCUT2D eigenvalue weighted by Crippen LogP contribution is -2.47. The van der Waals surface area contributed by atoms with E-state index in [1.54, 1.807) is 30.5 Å². The van der Waals surface area contributed by atoms with Crippen LogP contribution in [0.4, 0.5) is 5.82 Å². The van der Waals surface area contributed by atoms with E-state index in [1.165, 1.54) is 11.4 Å². The highest BCUT2D eigenvalue weighted by Crippen LogP contribution is 2.44. The van der Waals surface area contributed by atoms with Crippen LogP contribution in [0.25, 0.3) is 28.3 Å². The molecule has 0 unspecified atom stereocenters. The molecule has 2 saturated heterocycles. The molecule has 4 aromatic rings. The first-order chi connectivity index (χ1) is 17.9. The summed E-state index contributed by atoms with van der Waals surface area (Å²) >= 11 is 0. The normalized spacial score (nSPS) is 21.1. The highest BCUT2D eigenvalue weighted by Gasteiger charge is 2.44. The van der Waals surface area contributed by atoms with Gasteiger partial charge in [-0.15, -0.1) is 5.10 Å². The molecule has 0 spiro atoms. The van der Waals surface area contributed by atoms with Gasteiger partial charge in [0.1, 0.15) is 24.4 Å².